The van der Waals surface area contributed by atoms with Crippen molar-refractivity contribution >= 4 is 58.1 Å². The molecule has 0 aliphatic carbocycles. The number of hydrogen-bond acceptors (Lipinski definition) is 8. The zero-order valence-electron chi connectivity index (χ0n) is 23.1. The van der Waals surface area contributed by atoms with E-state index in [1.807, 2.05) is 36.8 Å². The van der Waals surface area contributed by atoms with Crippen molar-refractivity contribution in [2.24, 2.45) is 11.5 Å². The monoisotopic (exact) mass is 594 g/mol. The number of carboxylic acids is 1. The van der Waals surface area contributed by atoms with E-state index in [4.69, 9.17) is 11.5 Å². The lowest BCUT2D eigenvalue weighted by molar-refractivity contribution is -0.142. The van der Waals surface area contributed by atoms with Crippen LogP contribution in [0.5, 0.6) is 0 Å². The molecule has 0 aliphatic heterocycles. The summed E-state index contributed by atoms with van der Waals surface area (Å²) in [7, 11) is 0. The van der Waals surface area contributed by atoms with Gasteiger partial charge in [0.15, 0.2) is 0 Å². The van der Waals surface area contributed by atoms with E-state index < -0.39 is 47.9 Å². The lowest BCUT2D eigenvalue weighted by Crippen LogP contribution is -2.57. The van der Waals surface area contributed by atoms with Crippen LogP contribution in [0.3, 0.4) is 0 Å². The van der Waals surface area contributed by atoms with Gasteiger partial charge in [-0.15, -0.1) is 0 Å². The summed E-state index contributed by atoms with van der Waals surface area (Å²) >= 11 is 3.10. The largest absolute Gasteiger partial charge is 0.480 e. The predicted molar refractivity (Wildman–Crippen MR) is 162 cm³/mol. The molecular formula is C27H42N6O5S2. The number of nitrogens with one attached hydrogen (secondary N) is 4. The number of aromatic nitrogens is 1. The molecule has 0 spiro atoms. The predicted octanol–water partition coefficient (Wildman–Crippen LogP) is 1.21. The molecule has 1 heterocycles. The summed E-state index contributed by atoms with van der Waals surface area (Å²) in [6.07, 6.45) is 7.89. The Balaban J connectivity index is 2.27. The van der Waals surface area contributed by atoms with Gasteiger partial charge in [-0.25, -0.2) is 4.79 Å². The van der Waals surface area contributed by atoms with E-state index >= 15 is 0 Å². The molecule has 4 unspecified atom stereocenters. The number of amides is 3. The van der Waals surface area contributed by atoms with Gasteiger partial charge < -0.3 is 37.5 Å². The number of hydrogen-bond donors (Lipinski definition) is 7. The van der Waals surface area contributed by atoms with E-state index in [1.54, 1.807) is 18.0 Å². The number of unbranched alkanes of at least 4 members (excludes halogenated alkanes) is 1. The van der Waals surface area contributed by atoms with Crippen molar-refractivity contribution in [3.63, 3.8) is 0 Å². The molecule has 222 valence electrons. The first-order valence-corrected chi connectivity index (χ1v) is 16.1. The maximum absolute atomic E-state index is 13.5. The number of rotatable bonds is 19. The minimum absolute atomic E-state index is 0.118. The third-order valence-corrected chi connectivity index (χ3v) is 7.79. The summed E-state index contributed by atoms with van der Waals surface area (Å²) in [4.78, 5) is 54.6. The van der Waals surface area contributed by atoms with Crippen molar-refractivity contribution < 1.29 is 24.3 Å². The number of carbonyl (C=O) groups excluding carboxylic acids is 3. The van der Waals surface area contributed by atoms with E-state index in [2.05, 4.69) is 20.9 Å². The molecule has 4 atom stereocenters. The highest BCUT2D eigenvalue weighted by Crippen LogP contribution is 2.19. The average molecular weight is 595 g/mol. The molecule has 40 heavy (non-hydrogen) atoms. The van der Waals surface area contributed by atoms with Gasteiger partial charge in [-0.1, -0.05) is 18.2 Å². The number of H-pyrrole nitrogens is 1. The van der Waals surface area contributed by atoms with Gasteiger partial charge in [-0.05, 0) is 74.3 Å². The van der Waals surface area contributed by atoms with Crippen LogP contribution in [0.2, 0.25) is 0 Å². The molecule has 13 heteroatoms. The minimum Gasteiger partial charge on any atom is -0.480 e. The van der Waals surface area contributed by atoms with Crippen LogP contribution < -0.4 is 27.4 Å². The van der Waals surface area contributed by atoms with Crippen LogP contribution in [0.4, 0.5) is 0 Å². The topological polar surface area (TPSA) is 192 Å². The zero-order chi connectivity index (χ0) is 29.5. The Morgan fingerprint density at radius 3 is 2.17 bits per heavy atom. The Hall–Kier alpha value is -2.74. The third kappa shape index (κ3) is 10.7. The van der Waals surface area contributed by atoms with Gasteiger partial charge in [0.25, 0.3) is 0 Å². The van der Waals surface area contributed by atoms with Crippen molar-refractivity contribution in [2.75, 3.05) is 30.6 Å². The van der Waals surface area contributed by atoms with Crippen molar-refractivity contribution in [1.82, 2.24) is 20.9 Å². The van der Waals surface area contributed by atoms with E-state index in [0.29, 0.717) is 43.7 Å². The first kappa shape index (κ1) is 33.5. The van der Waals surface area contributed by atoms with Crippen molar-refractivity contribution in [3.05, 3.63) is 36.0 Å². The Kier molecular flexibility index (Phi) is 14.9. The van der Waals surface area contributed by atoms with Crippen LogP contribution in [0.1, 0.15) is 37.7 Å². The average Bonchev–Trinajstić information content (AvgIpc) is 3.35. The summed E-state index contributed by atoms with van der Waals surface area (Å²) in [5.41, 5.74) is 13.2. The maximum Gasteiger partial charge on any atom is 0.326 e. The first-order valence-electron chi connectivity index (χ1n) is 13.3. The summed E-state index contributed by atoms with van der Waals surface area (Å²) < 4.78 is 0. The molecule has 0 saturated carbocycles. The Labute approximate surface area is 243 Å². The van der Waals surface area contributed by atoms with Gasteiger partial charge in [0.2, 0.25) is 17.7 Å². The first-order chi connectivity index (χ1) is 19.2. The van der Waals surface area contributed by atoms with Crippen LogP contribution in [0.15, 0.2) is 30.5 Å². The van der Waals surface area contributed by atoms with E-state index in [9.17, 15) is 24.3 Å². The second kappa shape index (κ2) is 17.8. The van der Waals surface area contributed by atoms with Gasteiger partial charge in [-0.3, -0.25) is 14.4 Å². The molecular weight excluding hydrogens is 552 g/mol. The molecule has 0 radical (unpaired) electrons. The molecule has 0 fully saturated rings. The van der Waals surface area contributed by atoms with Gasteiger partial charge in [0, 0.05) is 23.5 Å². The molecule has 9 N–H and O–H groups in total. The molecule has 0 saturated heterocycles. The summed E-state index contributed by atoms with van der Waals surface area (Å²) in [6, 6.07) is 3.70. The number of nitrogens with two attached hydrogens (primary N) is 2. The Bertz CT molecular complexity index is 1110. The number of aromatic amines is 1. The van der Waals surface area contributed by atoms with Crippen LogP contribution in [-0.4, -0.2) is 88.5 Å². The second-order valence-electron chi connectivity index (χ2n) is 9.54. The van der Waals surface area contributed by atoms with Crippen LogP contribution >= 0.6 is 23.5 Å². The lowest BCUT2D eigenvalue weighted by atomic mass is 10.0. The number of aliphatic carboxylic acids is 1. The molecule has 1 aromatic carbocycles. The smallest absolute Gasteiger partial charge is 0.326 e. The molecule has 2 rings (SSSR count). The number of carbonyl (C=O) groups is 4. The Morgan fingerprint density at radius 1 is 0.875 bits per heavy atom. The van der Waals surface area contributed by atoms with Crippen LogP contribution in [0.25, 0.3) is 10.9 Å². The van der Waals surface area contributed by atoms with Crippen LogP contribution in [-0.2, 0) is 25.6 Å². The Morgan fingerprint density at radius 2 is 1.50 bits per heavy atom. The number of fused-ring (bicyclic) bond motifs is 1. The molecule has 2 aromatic rings. The maximum atomic E-state index is 13.5. The number of benzene rings is 1. The SMILES string of the molecule is CSCCC(N)C(=O)NC(CCSC)C(=O)NC(Cc1c[nH]c2ccccc12)C(=O)NC(CCCCN)C(=O)O. The number of thioether (sulfide) groups is 2. The molecule has 0 bridgehead atoms. The lowest BCUT2D eigenvalue weighted by Gasteiger charge is -2.25. The van der Waals surface area contributed by atoms with Gasteiger partial charge >= 0.3 is 5.97 Å². The highest BCUT2D eigenvalue weighted by atomic mass is 32.2. The van der Waals surface area contributed by atoms with Crippen molar-refractivity contribution in [3.8, 4) is 0 Å². The zero-order valence-corrected chi connectivity index (χ0v) is 24.7. The number of carboxylic acid groups (broad SMARTS) is 1. The molecule has 0 aliphatic rings. The minimum atomic E-state index is -1.16. The fourth-order valence-corrected chi connectivity index (χ4v) is 5.14. The number of para-hydroxylation sites is 1. The molecule has 3 amide bonds. The van der Waals surface area contributed by atoms with Crippen LogP contribution in [0, 0.1) is 0 Å². The second-order valence-corrected chi connectivity index (χ2v) is 11.5. The molecule has 1 aromatic heterocycles. The summed E-state index contributed by atoms with van der Waals surface area (Å²) in [5.74, 6) is -1.44. The van der Waals surface area contributed by atoms with E-state index in [1.165, 1.54) is 11.8 Å². The standard InChI is InChI=1S/C27H42N6O5S2/c1-39-13-10-19(29)24(34)31-21(11-14-40-2)25(35)33-23(15-17-16-30-20-8-4-3-7-18(17)20)26(36)32-22(27(37)38)9-5-6-12-28/h3-4,7-8,16,19,21-23,30H,5-6,9-15,28-29H2,1-2H3,(H,31,34)(H,32,36)(H,33,35)(H,37,38). The summed E-state index contributed by atoms with van der Waals surface area (Å²) in [6.45, 7) is 0.420. The highest BCUT2D eigenvalue weighted by Gasteiger charge is 2.30. The van der Waals surface area contributed by atoms with Crippen molar-refractivity contribution in [1.29, 1.82) is 0 Å². The van der Waals surface area contributed by atoms with Crippen molar-refractivity contribution in [2.45, 2.75) is 62.7 Å². The summed E-state index contributed by atoms with van der Waals surface area (Å²) in [5, 5.41) is 18.7. The van der Waals surface area contributed by atoms with Gasteiger partial charge in [0.1, 0.15) is 18.1 Å². The molecule has 11 nitrogen and oxygen atoms in total. The third-order valence-electron chi connectivity index (χ3n) is 6.51. The van der Waals surface area contributed by atoms with Gasteiger partial charge in [0.05, 0.1) is 6.04 Å². The quantitative estimate of drug-likeness (QED) is 0.117. The normalized spacial score (nSPS) is 14.2. The van der Waals surface area contributed by atoms with E-state index in [0.717, 1.165) is 16.5 Å². The fraction of sp³-hybridized carbons (Fsp3) is 0.556. The van der Waals surface area contributed by atoms with E-state index in [-0.39, 0.29) is 12.8 Å². The van der Waals surface area contributed by atoms with Gasteiger partial charge in [-0.2, -0.15) is 23.5 Å². The highest BCUT2D eigenvalue weighted by molar-refractivity contribution is 7.98. The fourth-order valence-electron chi connectivity index (χ4n) is 4.18.